The second-order valence-electron chi connectivity index (χ2n) is 2.89. The zero-order valence-corrected chi connectivity index (χ0v) is 6.45. The van der Waals surface area contributed by atoms with Crippen LogP contribution in [-0.2, 0) is 4.79 Å². The van der Waals surface area contributed by atoms with Gasteiger partial charge in [0.2, 0.25) is 5.91 Å². The number of nitrogens with zero attached hydrogens (tertiary/aromatic N) is 1. The fourth-order valence-electron chi connectivity index (χ4n) is 1.49. The normalized spacial score (nSPS) is 32.2. The highest BCUT2D eigenvalue weighted by Gasteiger charge is 2.36. The van der Waals surface area contributed by atoms with E-state index in [2.05, 4.69) is 15.8 Å². The molecule has 0 aromatic carbocycles. The molecule has 5 heteroatoms. The Labute approximate surface area is 69.7 Å². The fourth-order valence-corrected chi connectivity index (χ4v) is 1.49. The van der Waals surface area contributed by atoms with Crippen molar-refractivity contribution in [3.05, 3.63) is 12.3 Å². The molecule has 2 atom stereocenters. The summed E-state index contributed by atoms with van der Waals surface area (Å²) in [5, 5.41) is 0. The van der Waals surface area contributed by atoms with E-state index in [4.69, 9.17) is 5.73 Å². The van der Waals surface area contributed by atoms with Gasteiger partial charge in [0.05, 0.1) is 0 Å². The van der Waals surface area contributed by atoms with Crippen molar-refractivity contribution in [2.24, 2.45) is 16.6 Å². The number of aliphatic imine (C=N–C) groups is 1. The smallest absolute Gasteiger partial charge is 0.237 e. The first-order valence-corrected chi connectivity index (χ1v) is 3.82. The van der Waals surface area contributed by atoms with Crippen LogP contribution >= 0.6 is 0 Å². The molecule has 2 rings (SSSR count). The zero-order valence-electron chi connectivity index (χ0n) is 6.45. The number of fused-ring (bicyclic) bond motifs is 1. The molecule has 2 aliphatic heterocycles. The molecule has 5 nitrogen and oxygen atoms in total. The van der Waals surface area contributed by atoms with Crippen molar-refractivity contribution in [3.63, 3.8) is 0 Å². The average molecular weight is 166 g/mol. The predicted octanol–water partition coefficient (Wildman–Crippen LogP) is -1.12. The Morgan fingerprint density at radius 1 is 1.75 bits per heavy atom. The first kappa shape index (κ1) is 7.30. The van der Waals surface area contributed by atoms with Crippen LogP contribution in [0.5, 0.6) is 0 Å². The van der Waals surface area contributed by atoms with Crippen LogP contribution < -0.4 is 16.6 Å². The van der Waals surface area contributed by atoms with E-state index < -0.39 is 0 Å². The lowest BCUT2D eigenvalue weighted by Gasteiger charge is -2.13. The van der Waals surface area contributed by atoms with Crippen molar-refractivity contribution >= 4 is 11.7 Å². The van der Waals surface area contributed by atoms with Crippen LogP contribution in [0.4, 0.5) is 0 Å². The molecule has 2 unspecified atom stereocenters. The van der Waals surface area contributed by atoms with Gasteiger partial charge < -0.3 is 11.2 Å². The van der Waals surface area contributed by atoms with E-state index in [0.717, 1.165) is 12.3 Å². The summed E-state index contributed by atoms with van der Waals surface area (Å²) in [5.74, 6) is 0.557. The molecular weight excluding hydrogens is 156 g/mol. The van der Waals surface area contributed by atoms with Crippen LogP contribution in [0.2, 0.25) is 0 Å². The summed E-state index contributed by atoms with van der Waals surface area (Å²) in [7, 11) is 0. The van der Waals surface area contributed by atoms with Gasteiger partial charge in [-0.05, 0) is 6.42 Å². The minimum atomic E-state index is -0.340. The van der Waals surface area contributed by atoms with Crippen LogP contribution in [0.3, 0.4) is 0 Å². The third kappa shape index (κ3) is 0.984. The SMILES string of the molecule is NC(=O)C1NNC2=NC=CCC21. The number of carbonyl (C=O) groups is 1. The zero-order chi connectivity index (χ0) is 8.55. The first-order valence-electron chi connectivity index (χ1n) is 3.82. The van der Waals surface area contributed by atoms with Crippen LogP contribution in [0.15, 0.2) is 17.3 Å². The molecule has 1 amide bonds. The van der Waals surface area contributed by atoms with Gasteiger partial charge in [0.15, 0.2) is 0 Å². The van der Waals surface area contributed by atoms with Crippen LogP contribution in [0, 0.1) is 5.92 Å². The molecule has 0 aromatic heterocycles. The molecule has 1 saturated heterocycles. The third-order valence-electron chi connectivity index (χ3n) is 2.12. The van der Waals surface area contributed by atoms with Crippen LogP contribution in [0.1, 0.15) is 6.42 Å². The van der Waals surface area contributed by atoms with Crippen LogP contribution in [0.25, 0.3) is 0 Å². The molecule has 0 bridgehead atoms. The predicted molar refractivity (Wildman–Crippen MR) is 43.9 cm³/mol. The summed E-state index contributed by atoms with van der Waals surface area (Å²) in [6, 6.07) is -0.325. The van der Waals surface area contributed by atoms with Crippen molar-refractivity contribution in [3.8, 4) is 0 Å². The number of hydrazine groups is 1. The molecule has 0 saturated carbocycles. The highest BCUT2D eigenvalue weighted by atomic mass is 16.1. The van der Waals surface area contributed by atoms with Crippen molar-refractivity contribution in [1.29, 1.82) is 0 Å². The monoisotopic (exact) mass is 166 g/mol. The standard InChI is InChI=1S/C7H10N4O/c8-6(12)5-4-2-1-3-9-7(4)11-10-5/h1,3-5,10H,2H2,(H2,8,12)(H,9,11). The van der Waals surface area contributed by atoms with E-state index in [0.29, 0.717) is 0 Å². The van der Waals surface area contributed by atoms with Gasteiger partial charge in [0, 0.05) is 12.1 Å². The molecule has 0 radical (unpaired) electrons. The number of amidine groups is 1. The molecule has 2 aliphatic rings. The maximum Gasteiger partial charge on any atom is 0.237 e. The quantitative estimate of drug-likeness (QED) is 0.461. The molecule has 1 fully saturated rings. The maximum atomic E-state index is 10.9. The number of nitrogens with two attached hydrogens (primary N) is 1. The van der Waals surface area contributed by atoms with Crippen molar-refractivity contribution < 1.29 is 4.79 Å². The Hall–Kier alpha value is -1.36. The van der Waals surface area contributed by atoms with Gasteiger partial charge in [-0.2, -0.15) is 0 Å². The van der Waals surface area contributed by atoms with Gasteiger partial charge in [0.25, 0.3) is 0 Å². The number of primary amides is 1. The summed E-state index contributed by atoms with van der Waals surface area (Å²) in [4.78, 5) is 15.0. The van der Waals surface area contributed by atoms with Crippen molar-refractivity contribution in [1.82, 2.24) is 10.9 Å². The molecule has 0 spiro atoms. The van der Waals surface area contributed by atoms with E-state index in [-0.39, 0.29) is 17.9 Å². The van der Waals surface area contributed by atoms with Gasteiger partial charge in [-0.1, -0.05) is 6.08 Å². The number of amides is 1. The Kier molecular flexibility index (Phi) is 1.58. The molecule has 12 heavy (non-hydrogen) atoms. The molecule has 2 heterocycles. The van der Waals surface area contributed by atoms with Crippen LogP contribution in [-0.4, -0.2) is 17.8 Å². The summed E-state index contributed by atoms with van der Waals surface area (Å²) < 4.78 is 0. The number of nitrogens with one attached hydrogen (secondary N) is 2. The minimum Gasteiger partial charge on any atom is -0.368 e. The lowest BCUT2D eigenvalue weighted by Crippen LogP contribution is -2.42. The van der Waals surface area contributed by atoms with Gasteiger partial charge in [-0.15, -0.1) is 0 Å². The highest BCUT2D eigenvalue weighted by Crippen LogP contribution is 2.18. The maximum absolute atomic E-state index is 10.9. The van der Waals surface area contributed by atoms with E-state index in [1.807, 2.05) is 6.08 Å². The van der Waals surface area contributed by atoms with Gasteiger partial charge in [-0.3, -0.25) is 4.79 Å². The van der Waals surface area contributed by atoms with E-state index >= 15 is 0 Å². The Bertz CT molecular complexity index is 271. The minimum absolute atomic E-state index is 0.0903. The Balaban J connectivity index is 2.20. The molecule has 0 aliphatic carbocycles. The third-order valence-corrected chi connectivity index (χ3v) is 2.12. The molecule has 0 aromatic rings. The molecule has 64 valence electrons. The lowest BCUT2D eigenvalue weighted by molar-refractivity contribution is -0.120. The van der Waals surface area contributed by atoms with Gasteiger partial charge in [0.1, 0.15) is 11.9 Å². The second-order valence-corrected chi connectivity index (χ2v) is 2.89. The van der Waals surface area contributed by atoms with Gasteiger partial charge in [-0.25, -0.2) is 10.4 Å². The number of hydrogen-bond acceptors (Lipinski definition) is 4. The summed E-state index contributed by atoms with van der Waals surface area (Å²) >= 11 is 0. The second kappa shape index (κ2) is 2.60. The van der Waals surface area contributed by atoms with E-state index in [9.17, 15) is 4.79 Å². The van der Waals surface area contributed by atoms with Gasteiger partial charge >= 0.3 is 0 Å². The highest BCUT2D eigenvalue weighted by molar-refractivity contribution is 5.95. The fraction of sp³-hybridized carbons (Fsp3) is 0.429. The summed E-state index contributed by atoms with van der Waals surface area (Å²) in [6.07, 6.45) is 4.47. The first-order chi connectivity index (χ1) is 5.79. The molecule has 4 N–H and O–H groups in total. The summed E-state index contributed by atoms with van der Waals surface area (Å²) in [6.45, 7) is 0. The summed E-state index contributed by atoms with van der Waals surface area (Å²) in [5.41, 5.74) is 10.8. The molecular formula is C7H10N4O. The number of rotatable bonds is 1. The van der Waals surface area contributed by atoms with E-state index in [1.54, 1.807) is 6.20 Å². The number of allylic oxidation sites excluding steroid dienone is 1. The Morgan fingerprint density at radius 3 is 3.33 bits per heavy atom. The van der Waals surface area contributed by atoms with E-state index in [1.165, 1.54) is 0 Å². The largest absolute Gasteiger partial charge is 0.368 e. The lowest BCUT2D eigenvalue weighted by atomic mass is 9.95. The number of hydrogen-bond donors (Lipinski definition) is 3. The number of carbonyl (C=O) groups excluding carboxylic acids is 1. The Morgan fingerprint density at radius 2 is 2.58 bits per heavy atom. The topological polar surface area (TPSA) is 79.5 Å². The van der Waals surface area contributed by atoms with Crippen molar-refractivity contribution in [2.45, 2.75) is 12.5 Å². The van der Waals surface area contributed by atoms with Crippen molar-refractivity contribution in [2.75, 3.05) is 0 Å². The average Bonchev–Trinajstić information content (AvgIpc) is 2.47.